The second-order valence-electron chi connectivity index (χ2n) is 6.16. The maximum atomic E-state index is 12.6. The SMILES string of the molecule is COCCOc1ccc(C(C)NC(=O)c2c(C)oc(C)c2C)cc1OC. The van der Waals surface area contributed by atoms with Crippen LogP contribution in [0.4, 0.5) is 0 Å². The van der Waals surface area contributed by atoms with E-state index in [1.165, 1.54) is 0 Å². The van der Waals surface area contributed by atoms with Gasteiger partial charge in [-0.2, -0.15) is 0 Å². The van der Waals surface area contributed by atoms with Crippen molar-refractivity contribution in [1.82, 2.24) is 5.32 Å². The first-order chi connectivity index (χ1) is 12.4. The van der Waals surface area contributed by atoms with E-state index < -0.39 is 0 Å². The van der Waals surface area contributed by atoms with Crippen molar-refractivity contribution in [2.75, 3.05) is 27.4 Å². The molecule has 1 aromatic carbocycles. The molecule has 1 unspecified atom stereocenters. The topological polar surface area (TPSA) is 69.9 Å². The molecule has 1 heterocycles. The van der Waals surface area contributed by atoms with E-state index in [-0.39, 0.29) is 11.9 Å². The zero-order valence-corrected chi connectivity index (χ0v) is 16.3. The fourth-order valence-electron chi connectivity index (χ4n) is 2.79. The minimum absolute atomic E-state index is 0.149. The van der Waals surface area contributed by atoms with Crippen LogP contribution < -0.4 is 14.8 Å². The average molecular weight is 361 g/mol. The molecule has 0 saturated carbocycles. The largest absolute Gasteiger partial charge is 0.493 e. The molecule has 1 aromatic heterocycles. The first-order valence-corrected chi connectivity index (χ1v) is 8.56. The summed E-state index contributed by atoms with van der Waals surface area (Å²) in [6.07, 6.45) is 0. The van der Waals surface area contributed by atoms with Gasteiger partial charge >= 0.3 is 0 Å². The Hall–Kier alpha value is -2.47. The Labute approximate surface area is 154 Å². The molecule has 0 aliphatic carbocycles. The highest BCUT2D eigenvalue weighted by Crippen LogP contribution is 2.30. The van der Waals surface area contributed by atoms with Crippen molar-refractivity contribution in [3.05, 3.63) is 46.4 Å². The van der Waals surface area contributed by atoms with E-state index in [4.69, 9.17) is 18.6 Å². The molecule has 1 amide bonds. The minimum atomic E-state index is -0.196. The zero-order chi connectivity index (χ0) is 19.3. The molecule has 0 fully saturated rings. The molecular formula is C20H27NO5. The molecule has 0 aliphatic heterocycles. The molecular weight excluding hydrogens is 334 g/mol. The zero-order valence-electron chi connectivity index (χ0n) is 16.3. The second kappa shape index (κ2) is 8.76. The molecule has 1 N–H and O–H groups in total. The molecule has 0 spiro atoms. The Bertz CT molecular complexity index is 766. The molecule has 0 bridgehead atoms. The van der Waals surface area contributed by atoms with Crippen LogP contribution in [-0.4, -0.2) is 33.3 Å². The number of methoxy groups -OCH3 is 2. The van der Waals surface area contributed by atoms with Crippen LogP contribution in [0.3, 0.4) is 0 Å². The Balaban J connectivity index is 2.13. The third-order valence-corrected chi connectivity index (χ3v) is 4.37. The highest BCUT2D eigenvalue weighted by molar-refractivity contribution is 5.97. The molecule has 1 atom stereocenters. The van der Waals surface area contributed by atoms with Gasteiger partial charge in [-0.25, -0.2) is 0 Å². The maximum absolute atomic E-state index is 12.6. The van der Waals surface area contributed by atoms with Crippen LogP contribution in [0.15, 0.2) is 22.6 Å². The number of ether oxygens (including phenoxy) is 3. The summed E-state index contributed by atoms with van der Waals surface area (Å²) >= 11 is 0. The predicted octanol–water partition coefficient (Wildman–Crippen LogP) is 3.73. The first kappa shape index (κ1) is 19.8. The number of benzene rings is 1. The van der Waals surface area contributed by atoms with Gasteiger partial charge in [0, 0.05) is 12.7 Å². The highest BCUT2D eigenvalue weighted by Gasteiger charge is 2.21. The Kier molecular flexibility index (Phi) is 6.69. The van der Waals surface area contributed by atoms with E-state index >= 15 is 0 Å². The molecule has 2 rings (SSSR count). The van der Waals surface area contributed by atoms with Crippen LogP contribution in [-0.2, 0) is 4.74 Å². The molecule has 0 radical (unpaired) electrons. The van der Waals surface area contributed by atoms with Crippen molar-refractivity contribution in [3.8, 4) is 11.5 Å². The number of aryl methyl sites for hydroxylation is 2. The summed E-state index contributed by atoms with van der Waals surface area (Å²) in [5, 5.41) is 3.02. The van der Waals surface area contributed by atoms with Crippen LogP contribution in [0.1, 0.15) is 46.0 Å². The normalized spacial score (nSPS) is 11.9. The molecule has 6 nitrogen and oxygen atoms in total. The summed E-state index contributed by atoms with van der Waals surface area (Å²) in [5.41, 5.74) is 2.39. The molecule has 2 aromatic rings. The van der Waals surface area contributed by atoms with Gasteiger partial charge in [0.25, 0.3) is 5.91 Å². The van der Waals surface area contributed by atoms with Gasteiger partial charge in [0.1, 0.15) is 18.1 Å². The van der Waals surface area contributed by atoms with E-state index in [0.717, 1.165) is 16.9 Å². The third-order valence-electron chi connectivity index (χ3n) is 4.37. The summed E-state index contributed by atoms with van der Waals surface area (Å²) in [5.74, 6) is 2.50. The lowest BCUT2D eigenvalue weighted by Crippen LogP contribution is -2.27. The summed E-state index contributed by atoms with van der Waals surface area (Å²) < 4.78 is 21.6. The van der Waals surface area contributed by atoms with Crippen molar-refractivity contribution in [2.45, 2.75) is 33.7 Å². The smallest absolute Gasteiger partial charge is 0.255 e. The van der Waals surface area contributed by atoms with Crippen LogP contribution >= 0.6 is 0 Å². The molecule has 26 heavy (non-hydrogen) atoms. The van der Waals surface area contributed by atoms with E-state index in [0.29, 0.717) is 36.0 Å². The van der Waals surface area contributed by atoms with Gasteiger partial charge in [-0.15, -0.1) is 0 Å². The monoisotopic (exact) mass is 361 g/mol. The molecule has 0 aliphatic rings. The van der Waals surface area contributed by atoms with E-state index in [1.54, 1.807) is 21.1 Å². The lowest BCUT2D eigenvalue weighted by atomic mass is 10.1. The van der Waals surface area contributed by atoms with Crippen LogP contribution in [0, 0.1) is 20.8 Å². The van der Waals surface area contributed by atoms with Gasteiger partial charge in [-0.05, 0) is 45.4 Å². The molecule has 0 saturated heterocycles. The van der Waals surface area contributed by atoms with Gasteiger partial charge in [0.15, 0.2) is 11.5 Å². The van der Waals surface area contributed by atoms with Gasteiger partial charge < -0.3 is 23.9 Å². The third kappa shape index (κ3) is 4.38. The number of hydrogen-bond acceptors (Lipinski definition) is 5. The number of hydrogen-bond donors (Lipinski definition) is 1. The number of nitrogens with one attached hydrogen (secondary N) is 1. The first-order valence-electron chi connectivity index (χ1n) is 8.56. The van der Waals surface area contributed by atoms with E-state index in [2.05, 4.69) is 5.32 Å². The Morgan fingerprint density at radius 3 is 2.42 bits per heavy atom. The van der Waals surface area contributed by atoms with Gasteiger partial charge in [-0.3, -0.25) is 4.79 Å². The molecule has 142 valence electrons. The van der Waals surface area contributed by atoms with Gasteiger partial charge in [0.2, 0.25) is 0 Å². The predicted molar refractivity (Wildman–Crippen MR) is 99.2 cm³/mol. The van der Waals surface area contributed by atoms with Crippen molar-refractivity contribution in [1.29, 1.82) is 0 Å². The average Bonchev–Trinajstić information content (AvgIpc) is 2.87. The maximum Gasteiger partial charge on any atom is 0.255 e. The van der Waals surface area contributed by atoms with E-state index in [9.17, 15) is 4.79 Å². The standard InChI is InChI=1S/C20H27NO5/c1-12-14(3)26-15(4)19(12)20(22)21-13(2)16-7-8-17(18(11-16)24-6)25-10-9-23-5/h7-8,11,13H,9-10H2,1-6H3,(H,21,22). The number of rotatable bonds is 8. The quantitative estimate of drug-likeness (QED) is 0.726. The second-order valence-corrected chi connectivity index (χ2v) is 6.16. The Morgan fingerprint density at radius 1 is 1.12 bits per heavy atom. The van der Waals surface area contributed by atoms with Crippen LogP contribution in [0.25, 0.3) is 0 Å². The fourth-order valence-corrected chi connectivity index (χ4v) is 2.79. The Morgan fingerprint density at radius 2 is 1.85 bits per heavy atom. The number of carbonyl (C=O) groups excluding carboxylic acids is 1. The fraction of sp³-hybridized carbons (Fsp3) is 0.450. The highest BCUT2D eigenvalue weighted by atomic mass is 16.5. The van der Waals surface area contributed by atoms with Gasteiger partial charge in [-0.1, -0.05) is 6.07 Å². The number of carbonyl (C=O) groups is 1. The van der Waals surface area contributed by atoms with Crippen LogP contribution in [0.2, 0.25) is 0 Å². The lowest BCUT2D eigenvalue weighted by Gasteiger charge is -2.17. The lowest BCUT2D eigenvalue weighted by molar-refractivity contribution is 0.0937. The minimum Gasteiger partial charge on any atom is -0.493 e. The summed E-state index contributed by atoms with van der Waals surface area (Å²) in [6, 6.07) is 5.42. The van der Waals surface area contributed by atoms with Crippen molar-refractivity contribution in [3.63, 3.8) is 0 Å². The van der Waals surface area contributed by atoms with Gasteiger partial charge in [0.05, 0.1) is 25.3 Å². The summed E-state index contributed by atoms with van der Waals surface area (Å²) in [4.78, 5) is 12.6. The van der Waals surface area contributed by atoms with Crippen molar-refractivity contribution >= 4 is 5.91 Å². The summed E-state index contributed by atoms with van der Waals surface area (Å²) in [6.45, 7) is 8.41. The summed E-state index contributed by atoms with van der Waals surface area (Å²) in [7, 11) is 3.21. The van der Waals surface area contributed by atoms with Crippen molar-refractivity contribution in [2.24, 2.45) is 0 Å². The molecule has 6 heteroatoms. The van der Waals surface area contributed by atoms with Crippen molar-refractivity contribution < 1.29 is 23.4 Å². The van der Waals surface area contributed by atoms with E-state index in [1.807, 2.05) is 39.0 Å². The van der Waals surface area contributed by atoms with Crippen LogP contribution in [0.5, 0.6) is 11.5 Å². The number of furan rings is 1. The number of amides is 1.